The van der Waals surface area contributed by atoms with Crippen LogP contribution >= 0.6 is 11.3 Å². The Morgan fingerprint density at radius 1 is 1.33 bits per heavy atom. The minimum atomic E-state index is -0.811. The van der Waals surface area contributed by atoms with Gasteiger partial charge in [0.05, 0.1) is 12.1 Å². The lowest BCUT2D eigenvalue weighted by Crippen LogP contribution is -1.99. The molecule has 0 unspecified atom stereocenters. The first-order valence-electron chi connectivity index (χ1n) is 5.56. The molecule has 0 spiro atoms. The normalized spacial score (nSPS) is 10.5. The van der Waals surface area contributed by atoms with Crippen molar-refractivity contribution in [1.82, 2.24) is 4.98 Å². The zero-order chi connectivity index (χ0) is 13.1. The highest BCUT2D eigenvalue weighted by atomic mass is 32.1. The van der Waals surface area contributed by atoms with Gasteiger partial charge in [-0.1, -0.05) is 24.3 Å². The highest BCUT2D eigenvalue weighted by Crippen LogP contribution is 2.23. The van der Waals surface area contributed by atoms with E-state index in [1.807, 2.05) is 31.2 Å². The van der Waals surface area contributed by atoms with Crippen LogP contribution in [0.1, 0.15) is 21.7 Å². The molecule has 0 aliphatic carbocycles. The van der Waals surface area contributed by atoms with Crippen molar-refractivity contribution in [2.45, 2.75) is 19.8 Å². The molecule has 94 valence electrons. The molecule has 1 aromatic heterocycles. The highest BCUT2D eigenvalue weighted by Gasteiger charge is 2.06. The molecule has 18 heavy (non-hydrogen) atoms. The third kappa shape index (κ3) is 3.07. The van der Waals surface area contributed by atoms with Gasteiger partial charge in [0, 0.05) is 11.3 Å². The van der Waals surface area contributed by atoms with E-state index in [0.717, 1.165) is 28.1 Å². The largest absolute Gasteiger partial charge is 0.481 e. The molecule has 3 N–H and O–H groups in total. The second-order valence-corrected chi connectivity index (χ2v) is 5.24. The number of aryl methyl sites for hydroxylation is 1. The van der Waals surface area contributed by atoms with E-state index < -0.39 is 5.97 Å². The SMILES string of the molecule is Cc1nc(N)sc1Cc1ccc(CC(=O)O)cc1. The minimum Gasteiger partial charge on any atom is -0.481 e. The lowest BCUT2D eigenvalue weighted by molar-refractivity contribution is -0.136. The van der Waals surface area contributed by atoms with Gasteiger partial charge in [-0.2, -0.15) is 0 Å². The Morgan fingerprint density at radius 3 is 2.44 bits per heavy atom. The van der Waals surface area contributed by atoms with Crippen LogP contribution in [0.2, 0.25) is 0 Å². The van der Waals surface area contributed by atoms with Crippen molar-refractivity contribution >= 4 is 22.4 Å². The van der Waals surface area contributed by atoms with E-state index in [0.29, 0.717) is 5.13 Å². The van der Waals surface area contributed by atoms with E-state index in [4.69, 9.17) is 10.8 Å². The van der Waals surface area contributed by atoms with Crippen molar-refractivity contribution in [2.24, 2.45) is 0 Å². The zero-order valence-electron chi connectivity index (χ0n) is 10.0. The maximum absolute atomic E-state index is 10.6. The van der Waals surface area contributed by atoms with Crippen LogP contribution < -0.4 is 5.73 Å². The maximum atomic E-state index is 10.6. The fraction of sp³-hybridized carbons (Fsp3) is 0.231. The molecule has 5 heteroatoms. The van der Waals surface area contributed by atoms with Crippen LogP contribution in [0.3, 0.4) is 0 Å². The number of rotatable bonds is 4. The van der Waals surface area contributed by atoms with Crippen LogP contribution in [0.15, 0.2) is 24.3 Å². The lowest BCUT2D eigenvalue weighted by Gasteiger charge is -2.02. The first kappa shape index (κ1) is 12.6. The summed E-state index contributed by atoms with van der Waals surface area (Å²) in [4.78, 5) is 15.9. The molecule has 0 saturated heterocycles. The molecule has 0 atom stereocenters. The number of anilines is 1. The molecule has 4 nitrogen and oxygen atoms in total. The monoisotopic (exact) mass is 262 g/mol. The lowest BCUT2D eigenvalue weighted by atomic mass is 10.1. The summed E-state index contributed by atoms with van der Waals surface area (Å²) in [5, 5.41) is 9.28. The van der Waals surface area contributed by atoms with Crippen LogP contribution in [-0.2, 0) is 17.6 Å². The summed E-state index contributed by atoms with van der Waals surface area (Å²) in [6.07, 6.45) is 0.848. The summed E-state index contributed by atoms with van der Waals surface area (Å²) < 4.78 is 0. The summed E-state index contributed by atoms with van der Waals surface area (Å²) in [5.41, 5.74) is 8.57. The molecular weight excluding hydrogens is 248 g/mol. The molecule has 1 aromatic carbocycles. The number of hydrogen-bond donors (Lipinski definition) is 2. The number of carbonyl (C=O) groups is 1. The Balaban J connectivity index is 2.11. The van der Waals surface area contributed by atoms with Gasteiger partial charge >= 0.3 is 5.97 Å². The van der Waals surface area contributed by atoms with Gasteiger partial charge < -0.3 is 10.8 Å². The zero-order valence-corrected chi connectivity index (χ0v) is 10.8. The second kappa shape index (κ2) is 5.18. The van der Waals surface area contributed by atoms with Gasteiger partial charge in [0.2, 0.25) is 0 Å². The summed E-state index contributed by atoms with van der Waals surface area (Å²) in [6.45, 7) is 1.95. The molecule has 1 heterocycles. The molecule has 0 aliphatic rings. The van der Waals surface area contributed by atoms with Crippen LogP contribution in [-0.4, -0.2) is 16.1 Å². The third-order valence-electron chi connectivity index (χ3n) is 2.65. The predicted molar refractivity (Wildman–Crippen MR) is 71.9 cm³/mol. The highest BCUT2D eigenvalue weighted by molar-refractivity contribution is 7.15. The summed E-state index contributed by atoms with van der Waals surface area (Å²) in [7, 11) is 0. The summed E-state index contributed by atoms with van der Waals surface area (Å²) >= 11 is 1.50. The van der Waals surface area contributed by atoms with E-state index in [1.54, 1.807) is 0 Å². The predicted octanol–water partition coefficient (Wildman–Crippen LogP) is 2.25. The van der Waals surface area contributed by atoms with E-state index in [1.165, 1.54) is 11.3 Å². The Morgan fingerprint density at radius 2 is 1.94 bits per heavy atom. The van der Waals surface area contributed by atoms with Gasteiger partial charge in [0.1, 0.15) is 0 Å². The van der Waals surface area contributed by atoms with Gasteiger partial charge in [-0.05, 0) is 18.1 Å². The number of aliphatic carboxylic acids is 1. The average Bonchev–Trinajstić information content (AvgIpc) is 2.59. The molecule has 0 bridgehead atoms. The van der Waals surface area contributed by atoms with Crippen LogP contribution in [0, 0.1) is 6.92 Å². The number of aromatic nitrogens is 1. The Bertz CT molecular complexity index is 561. The number of benzene rings is 1. The van der Waals surface area contributed by atoms with Crippen LogP contribution in [0.4, 0.5) is 5.13 Å². The van der Waals surface area contributed by atoms with Gasteiger partial charge in [-0.3, -0.25) is 4.79 Å². The van der Waals surface area contributed by atoms with Crippen molar-refractivity contribution in [3.05, 3.63) is 46.0 Å². The smallest absolute Gasteiger partial charge is 0.307 e. The van der Waals surface area contributed by atoms with Crippen LogP contribution in [0.25, 0.3) is 0 Å². The van der Waals surface area contributed by atoms with E-state index in [2.05, 4.69) is 4.98 Å². The van der Waals surface area contributed by atoms with Crippen molar-refractivity contribution in [3.63, 3.8) is 0 Å². The summed E-state index contributed by atoms with van der Waals surface area (Å²) in [6, 6.07) is 7.60. The molecular formula is C13H14N2O2S. The van der Waals surface area contributed by atoms with Crippen LogP contribution in [0.5, 0.6) is 0 Å². The number of hydrogen-bond acceptors (Lipinski definition) is 4. The van der Waals surface area contributed by atoms with Crippen molar-refractivity contribution in [2.75, 3.05) is 5.73 Å². The maximum Gasteiger partial charge on any atom is 0.307 e. The van der Waals surface area contributed by atoms with Gasteiger partial charge in [0.25, 0.3) is 0 Å². The topological polar surface area (TPSA) is 76.2 Å². The van der Waals surface area contributed by atoms with Gasteiger partial charge in [-0.15, -0.1) is 11.3 Å². The van der Waals surface area contributed by atoms with Crippen molar-refractivity contribution in [1.29, 1.82) is 0 Å². The average molecular weight is 262 g/mol. The molecule has 0 amide bonds. The number of carboxylic acid groups (broad SMARTS) is 1. The number of carboxylic acids is 1. The number of nitrogens with zero attached hydrogens (tertiary/aromatic N) is 1. The van der Waals surface area contributed by atoms with E-state index in [9.17, 15) is 4.79 Å². The Hall–Kier alpha value is -1.88. The minimum absolute atomic E-state index is 0.0623. The molecule has 0 saturated carbocycles. The molecule has 2 aromatic rings. The molecule has 2 rings (SSSR count). The molecule has 0 fully saturated rings. The standard InChI is InChI=1S/C13H14N2O2S/c1-8-11(18-13(14)15-8)6-9-2-4-10(5-3-9)7-12(16)17/h2-5H,6-7H2,1H3,(H2,14,15)(H,16,17). The number of nitrogen functional groups attached to an aromatic ring is 1. The van der Waals surface area contributed by atoms with E-state index in [-0.39, 0.29) is 6.42 Å². The number of nitrogens with two attached hydrogens (primary N) is 1. The van der Waals surface area contributed by atoms with E-state index >= 15 is 0 Å². The van der Waals surface area contributed by atoms with Gasteiger partial charge in [-0.25, -0.2) is 4.98 Å². The third-order valence-corrected chi connectivity index (χ3v) is 3.64. The first-order chi connectivity index (χ1) is 8.54. The van der Waals surface area contributed by atoms with Gasteiger partial charge in [0.15, 0.2) is 5.13 Å². The van der Waals surface area contributed by atoms with Crippen molar-refractivity contribution < 1.29 is 9.90 Å². The first-order valence-corrected chi connectivity index (χ1v) is 6.37. The fourth-order valence-electron chi connectivity index (χ4n) is 1.75. The number of thiazole rings is 1. The molecule has 0 aliphatic heterocycles. The Labute approximate surface area is 109 Å². The quantitative estimate of drug-likeness (QED) is 0.886. The van der Waals surface area contributed by atoms with Crippen molar-refractivity contribution in [3.8, 4) is 0 Å². The molecule has 0 radical (unpaired) electrons. The second-order valence-electron chi connectivity index (χ2n) is 4.12. The Kier molecular flexibility index (Phi) is 3.62. The fourth-order valence-corrected chi connectivity index (χ4v) is 2.62. The summed E-state index contributed by atoms with van der Waals surface area (Å²) in [5.74, 6) is -0.811.